The largest absolute Gasteiger partial charge is 0.477 e. The van der Waals surface area contributed by atoms with Gasteiger partial charge in [0.1, 0.15) is 0 Å². The minimum atomic E-state index is 0.480. The third kappa shape index (κ3) is 2.89. The molecule has 2 aromatic heterocycles. The summed E-state index contributed by atoms with van der Waals surface area (Å²) in [6.45, 7) is 3.10. The highest BCUT2D eigenvalue weighted by atomic mass is 32.1. The summed E-state index contributed by atoms with van der Waals surface area (Å²) in [4.78, 5) is 9.91. The van der Waals surface area contributed by atoms with E-state index in [2.05, 4.69) is 16.0 Å². The van der Waals surface area contributed by atoms with Crippen molar-refractivity contribution in [3.05, 3.63) is 52.1 Å². The monoisotopic (exact) mass is 299 g/mol. The summed E-state index contributed by atoms with van der Waals surface area (Å²) >= 11 is 1.67. The first-order valence-electron chi connectivity index (χ1n) is 6.88. The van der Waals surface area contributed by atoms with Crippen LogP contribution in [-0.4, -0.2) is 16.6 Å². The SMILES string of the molecule is Cc1ncsc1CCOc1ncc(CN)c2ccccc12. The average Bonchev–Trinajstić information content (AvgIpc) is 2.93. The third-order valence-corrected chi connectivity index (χ3v) is 4.47. The van der Waals surface area contributed by atoms with Crippen LogP contribution in [0, 0.1) is 6.92 Å². The van der Waals surface area contributed by atoms with Crippen molar-refractivity contribution >= 4 is 22.1 Å². The number of hydrogen-bond acceptors (Lipinski definition) is 5. The van der Waals surface area contributed by atoms with E-state index < -0.39 is 0 Å². The van der Waals surface area contributed by atoms with Gasteiger partial charge in [-0.3, -0.25) is 0 Å². The van der Waals surface area contributed by atoms with Gasteiger partial charge in [-0.15, -0.1) is 11.3 Å². The fourth-order valence-electron chi connectivity index (χ4n) is 2.31. The molecule has 3 rings (SSSR count). The maximum Gasteiger partial charge on any atom is 0.221 e. The van der Waals surface area contributed by atoms with Crippen molar-refractivity contribution in [1.82, 2.24) is 9.97 Å². The van der Waals surface area contributed by atoms with Crippen LogP contribution in [0.25, 0.3) is 10.8 Å². The average molecular weight is 299 g/mol. The smallest absolute Gasteiger partial charge is 0.221 e. The summed E-state index contributed by atoms with van der Waals surface area (Å²) in [6.07, 6.45) is 2.65. The van der Waals surface area contributed by atoms with Crippen LogP contribution in [0.4, 0.5) is 0 Å². The number of nitrogens with zero attached hydrogens (tertiary/aromatic N) is 2. The third-order valence-electron chi connectivity index (χ3n) is 3.47. The number of benzene rings is 1. The molecule has 4 nitrogen and oxygen atoms in total. The Labute approximate surface area is 127 Å². The van der Waals surface area contributed by atoms with Crippen LogP contribution < -0.4 is 10.5 Å². The molecule has 0 fully saturated rings. The van der Waals surface area contributed by atoms with Gasteiger partial charge in [0.25, 0.3) is 0 Å². The number of rotatable bonds is 5. The number of pyridine rings is 1. The fraction of sp³-hybridized carbons (Fsp3) is 0.250. The van der Waals surface area contributed by atoms with Gasteiger partial charge in [0.05, 0.1) is 17.8 Å². The quantitative estimate of drug-likeness (QED) is 0.786. The van der Waals surface area contributed by atoms with Gasteiger partial charge in [0.2, 0.25) is 5.88 Å². The van der Waals surface area contributed by atoms with E-state index in [4.69, 9.17) is 10.5 Å². The molecule has 3 aromatic rings. The van der Waals surface area contributed by atoms with Crippen LogP contribution in [-0.2, 0) is 13.0 Å². The number of thiazole rings is 1. The van der Waals surface area contributed by atoms with E-state index in [9.17, 15) is 0 Å². The van der Waals surface area contributed by atoms with Crippen LogP contribution in [0.15, 0.2) is 36.0 Å². The Bertz CT molecular complexity index is 754. The first kappa shape index (κ1) is 14.0. The minimum absolute atomic E-state index is 0.480. The molecule has 0 radical (unpaired) electrons. The summed E-state index contributed by atoms with van der Waals surface area (Å²) in [5, 5.41) is 2.13. The minimum Gasteiger partial charge on any atom is -0.477 e. The van der Waals surface area contributed by atoms with Gasteiger partial charge in [-0.25, -0.2) is 9.97 Å². The number of hydrogen-bond donors (Lipinski definition) is 1. The Morgan fingerprint density at radius 2 is 2.00 bits per heavy atom. The van der Waals surface area contributed by atoms with Crippen LogP contribution in [0.5, 0.6) is 5.88 Å². The Hall–Kier alpha value is -1.98. The van der Waals surface area contributed by atoms with Gasteiger partial charge >= 0.3 is 0 Å². The zero-order chi connectivity index (χ0) is 14.7. The molecule has 0 spiro atoms. The zero-order valence-electron chi connectivity index (χ0n) is 11.9. The van der Waals surface area contributed by atoms with Gasteiger partial charge in [-0.2, -0.15) is 0 Å². The lowest BCUT2D eigenvalue weighted by Crippen LogP contribution is -2.05. The normalized spacial score (nSPS) is 11.0. The second-order valence-electron chi connectivity index (χ2n) is 4.80. The lowest BCUT2D eigenvalue weighted by atomic mass is 10.1. The first-order valence-corrected chi connectivity index (χ1v) is 7.76. The summed E-state index contributed by atoms with van der Waals surface area (Å²) in [7, 11) is 0. The maximum atomic E-state index is 5.87. The lowest BCUT2D eigenvalue weighted by Gasteiger charge is -2.10. The molecule has 0 unspecified atom stereocenters. The van der Waals surface area contributed by atoms with Gasteiger partial charge in [0, 0.05) is 29.4 Å². The predicted molar refractivity (Wildman–Crippen MR) is 85.7 cm³/mol. The topological polar surface area (TPSA) is 61.0 Å². The molecule has 2 N–H and O–H groups in total. The Morgan fingerprint density at radius 1 is 1.19 bits per heavy atom. The lowest BCUT2D eigenvalue weighted by molar-refractivity contribution is 0.314. The van der Waals surface area contributed by atoms with Crippen molar-refractivity contribution in [2.75, 3.05) is 6.61 Å². The van der Waals surface area contributed by atoms with Gasteiger partial charge in [-0.05, 0) is 23.9 Å². The molecule has 21 heavy (non-hydrogen) atoms. The van der Waals surface area contributed by atoms with E-state index >= 15 is 0 Å². The van der Waals surface area contributed by atoms with Gasteiger partial charge in [0.15, 0.2) is 0 Å². The second-order valence-corrected chi connectivity index (χ2v) is 5.74. The fourth-order valence-corrected chi connectivity index (χ4v) is 3.07. The molecule has 0 aliphatic carbocycles. The second kappa shape index (κ2) is 6.20. The van der Waals surface area contributed by atoms with Crippen LogP contribution in [0.1, 0.15) is 16.1 Å². The van der Waals surface area contributed by atoms with Gasteiger partial charge < -0.3 is 10.5 Å². The molecule has 0 aliphatic rings. The highest BCUT2D eigenvalue weighted by molar-refractivity contribution is 7.09. The molecule has 0 saturated carbocycles. The summed E-state index contributed by atoms with van der Waals surface area (Å²) in [5.41, 5.74) is 9.75. The van der Waals surface area contributed by atoms with Crippen molar-refractivity contribution in [2.45, 2.75) is 19.9 Å². The number of ether oxygens (including phenoxy) is 1. The molecule has 0 atom stereocenters. The molecule has 0 saturated heterocycles. The van der Waals surface area contributed by atoms with E-state index in [0.29, 0.717) is 19.0 Å². The standard InChI is InChI=1S/C16H17N3OS/c1-11-15(21-10-19-11)6-7-20-16-14-5-3-2-4-13(14)12(8-17)9-18-16/h2-5,9-10H,6-8,17H2,1H3. The molecule has 0 aliphatic heterocycles. The predicted octanol–water partition coefficient (Wildman–Crippen LogP) is 3.08. The number of nitrogens with two attached hydrogens (primary N) is 1. The van der Waals surface area contributed by atoms with E-state index in [1.165, 1.54) is 4.88 Å². The molecular weight excluding hydrogens is 282 g/mol. The van der Waals surface area contributed by atoms with Crippen LogP contribution in [0.3, 0.4) is 0 Å². The van der Waals surface area contributed by atoms with Crippen molar-refractivity contribution in [3.63, 3.8) is 0 Å². The Morgan fingerprint density at radius 3 is 2.71 bits per heavy atom. The zero-order valence-corrected chi connectivity index (χ0v) is 12.7. The Balaban J connectivity index is 1.80. The molecule has 0 amide bonds. The van der Waals surface area contributed by atoms with Crippen molar-refractivity contribution in [2.24, 2.45) is 5.73 Å². The van der Waals surface area contributed by atoms with E-state index in [-0.39, 0.29) is 0 Å². The maximum absolute atomic E-state index is 5.87. The highest BCUT2D eigenvalue weighted by Gasteiger charge is 2.08. The highest BCUT2D eigenvalue weighted by Crippen LogP contribution is 2.26. The molecule has 108 valence electrons. The molecule has 5 heteroatoms. The van der Waals surface area contributed by atoms with E-state index in [0.717, 1.165) is 28.5 Å². The number of aryl methyl sites for hydroxylation is 1. The van der Waals surface area contributed by atoms with Crippen molar-refractivity contribution in [3.8, 4) is 5.88 Å². The van der Waals surface area contributed by atoms with E-state index in [1.54, 1.807) is 17.5 Å². The molecular formula is C16H17N3OS. The van der Waals surface area contributed by atoms with E-state index in [1.807, 2.05) is 30.6 Å². The van der Waals surface area contributed by atoms with Crippen LogP contribution in [0.2, 0.25) is 0 Å². The number of aromatic nitrogens is 2. The summed E-state index contributed by atoms with van der Waals surface area (Å²) < 4.78 is 5.87. The molecule has 1 aromatic carbocycles. The number of fused-ring (bicyclic) bond motifs is 1. The molecule has 0 bridgehead atoms. The van der Waals surface area contributed by atoms with Crippen molar-refractivity contribution < 1.29 is 4.74 Å². The summed E-state index contributed by atoms with van der Waals surface area (Å²) in [5.74, 6) is 0.671. The summed E-state index contributed by atoms with van der Waals surface area (Å²) in [6, 6.07) is 8.07. The Kier molecular flexibility index (Phi) is 4.13. The van der Waals surface area contributed by atoms with Crippen molar-refractivity contribution in [1.29, 1.82) is 0 Å². The molecule has 2 heterocycles. The van der Waals surface area contributed by atoms with Gasteiger partial charge in [-0.1, -0.05) is 18.2 Å². The first-order chi connectivity index (χ1) is 10.3. The van der Waals surface area contributed by atoms with Crippen LogP contribution >= 0.6 is 11.3 Å².